The van der Waals surface area contributed by atoms with Crippen LogP contribution in [0.1, 0.15) is 145 Å². The van der Waals surface area contributed by atoms with Crippen LogP contribution in [-0.4, -0.2) is 42.8 Å². The van der Waals surface area contributed by atoms with Crippen LogP contribution in [0.4, 0.5) is 5.69 Å². The smallest absolute Gasteiger partial charge is 0.0625 e. The lowest BCUT2D eigenvalue weighted by molar-refractivity contribution is -0.0208. The molecule has 270 valence electrons. The van der Waals surface area contributed by atoms with Gasteiger partial charge in [0, 0.05) is 23.7 Å². The van der Waals surface area contributed by atoms with E-state index in [4.69, 9.17) is 4.74 Å². The van der Waals surface area contributed by atoms with E-state index in [1.807, 2.05) is 0 Å². The van der Waals surface area contributed by atoms with Crippen molar-refractivity contribution in [2.24, 2.45) is 29.6 Å². The monoisotopic (exact) mass is 677 g/mol. The molecule has 0 aromatic heterocycles. The minimum Gasteiger partial charge on any atom is -0.374 e. The van der Waals surface area contributed by atoms with Crippen molar-refractivity contribution >= 4 is 5.69 Å². The van der Waals surface area contributed by atoms with Crippen LogP contribution in [0.25, 0.3) is 0 Å². The lowest BCUT2D eigenvalue weighted by Crippen LogP contribution is -2.72. The van der Waals surface area contributed by atoms with Gasteiger partial charge < -0.3 is 9.64 Å². The first-order chi connectivity index (χ1) is 24.8. The van der Waals surface area contributed by atoms with Gasteiger partial charge in [0.25, 0.3) is 0 Å². The maximum atomic E-state index is 7.14. The number of ether oxygens (including phenoxy) is 1. The second-order valence-corrected chi connectivity index (χ2v) is 18.4. The molecule has 13 unspecified atom stereocenters. The van der Waals surface area contributed by atoms with Crippen molar-refractivity contribution in [1.82, 2.24) is 16.0 Å². The predicted molar refractivity (Wildman–Crippen MR) is 203 cm³/mol. The zero-order valence-corrected chi connectivity index (χ0v) is 30.6. The third kappa shape index (κ3) is 6.08. The molecule has 5 aliphatic carbocycles. The predicted octanol–water partition coefficient (Wildman–Crippen LogP) is 9.20. The zero-order chi connectivity index (χ0) is 33.0. The summed E-state index contributed by atoms with van der Waals surface area (Å²) < 4.78 is 7.14. The van der Waals surface area contributed by atoms with E-state index in [0.717, 1.165) is 29.7 Å². The molecule has 5 saturated carbocycles. The summed E-state index contributed by atoms with van der Waals surface area (Å²) in [5.74, 6) is 5.10. The molecule has 5 nitrogen and oxygen atoms in total. The Morgan fingerprint density at radius 1 is 0.520 bits per heavy atom. The lowest BCUT2D eigenvalue weighted by atomic mass is 9.69. The molecule has 3 aliphatic heterocycles. The molecule has 2 saturated heterocycles. The molecule has 0 bridgehead atoms. The largest absolute Gasteiger partial charge is 0.374 e. The van der Waals surface area contributed by atoms with Gasteiger partial charge in [-0.3, -0.25) is 16.0 Å². The van der Waals surface area contributed by atoms with Gasteiger partial charge in [0.15, 0.2) is 0 Å². The highest BCUT2D eigenvalue weighted by atomic mass is 16.5. The fourth-order valence-corrected chi connectivity index (χ4v) is 13.4. The van der Waals surface area contributed by atoms with Crippen LogP contribution in [0, 0.1) is 29.6 Å². The van der Waals surface area contributed by atoms with E-state index in [2.05, 4.69) is 75.4 Å². The Hall–Kier alpha value is -1.92. The first-order valence-electron chi connectivity index (χ1n) is 21.6. The Bertz CT molecular complexity index is 1440. The second kappa shape index (κ2) is 14.1. The van der Waals surface area contributed by atoms with Crippen LogP contribution < -0.4 is 20.9 Å². The first-order valence-corrected chi connectivity index (χ1v) is 21.6. The van der Waals surface area contributed by atoms with Gasteiger partial charge in [-0.1, -0.05) is 87.1 Å². The molecule has 7 fully saturated rings. The normalized spacial score (nSPS) is 43.4. The Kier molecular flexibility index (Phi) is 9.25. The maximum absolute atomic E-state index is 7.14. The minimum absolute atomic E-state index is 0.398. The van der Waals surface area contributed by atoms with Crippen LogP contribution in [-0.2, 0) is 4.74 Å². The van der Waals surface area contributed by atoms with Gasteiger partial charge in [-0.05, 0) is 136 Å². The quantitative estimate of drug-likeness (QED) is 0.295. The molecule has 2 aromatic rings. The van der Waals surface area contributed by atoms with Crippen LogP contribution in [0.3, 0.4) is 0 Å². The number of rotatable bonds is 5. The number of hydrogen-bond donors (Lipinski definition) is 3. The molecular weight excluding hydrogens is 613 g/mol. The van der Waals surface area contributed by atoms with Crippen LogP contribution in [0.5, 0.6) is 0 Å². The van der Waals surface area contributed by atoms with Gasteiger partial charge >= 0.3 is 0 Å². The zero-order valence-electron chi connectivity index (χ0n) is 30.6. The van der Waals surface area contributed by atoms with Gasteiger partial charge in [0.1, 0.15) is 0 Å². The summed E-state index contributed by atoms with van der Waals surface area (Å²) in [6, 6.07) is 22.4. The summed E-state index contributed by atoms with van der Waals surface area (Å²) in [6.45, 7) is 0. The summed E-state index contributed by atoms with van der Waals surface area (Å²) in [6.07, 6.45) is 28.1. The van der Waals surface area contributed by atoms with E-state index in [1.54, 1.807) is 16.8 Å². The molecule has 0 radical (unpaired) electrons. The summed E-state index contributed by atoms with van der Waals surface area (Å²) in [5.41, 5.74) is 4.81. The average Bonchev–Trinajstić information content (AvgIpc) is 3.73. The van der Waals surface area contributed by atoms with Gasteiger partial charge in [-0.2, -0.15) is 0 Å². The molecule has 13 atom stereocenters. The number of fused-ring (bicyclic) bond motifs is 6. The molecule has 5 heteroatoms. The van der Waals surface area contributed by atoms with E-state index in [0.29, 0.717) is 54.5 Å². The van der Waals surface area contributed by atoms with Gasteiger partial charge in [0.2, 0.25) is 0 Å². The van der Waals surface area contributed by atoms with Crippen molar-refractivity contribution in [1.29, 1.82) is 0 Å². The standard InChI is InChI=1S/C45H64N4O/c1-3-12-29(13-4-1)31-16-11-17-32(26-31)44-46-43(30-14-5-2-6-15-30)47-45(48-44)33-22-24-37-38-28-34(23-25-41(38)50-42(37)27-33)49-39-20-9-7-18-35(39)36-19-8-10-21-40(36)49/h1,3-4,7,9,12-13,18,20,30-34,36-38,40-48H,2,5-6,8,10-11,14-17,19,21-28H2. The van der Waals surface area contributed by atoms with Crippen molar-refractivity contribution in [3.8, 4) is 0 Å². The van der Waals surface area contributed by atoms with E-state index in [9.17, 15) is 0 Å². The van der Waals surface area contributed by atoms with Crippen molar-refractivity contribution in [2.45, 2.75) is 177 Å². The SMILES string of the molecule is c1ccc(C2CCCC(C3NC(C4CCCCC4)NC(C4CCC5C(C4)OC4CCC(N6c7ccccc7C7CCCCC76)CC45)N3)C2)cc1. The van der Waals surface area contributed by atoms with E-state index in [-0.39, 0.29) is 0 Å². The number of nitrogens with one attached hydrogen (secondary N) is 3. The van der Waals surface area contributed by atoms with Crippen LogP contribution in [0.2, 0.25) is 0 Å². The molecule has 2 aromatic carbocycles. The fraction of sp³-hybridized carbons (Fsp3) is 0.733. The van der Waals surface area contributed by atoms with E-state index >= 15 is 0 Å². The fourth-order valence-electron chi connectivity index (χ4n) is 13.4. The number of nitrogens with zero attached hydrogens (tertiary/aromatic N) is 1. The molecule has 10 rings (SSSR count). The van der Waals surface area contributed by atoms with Crippen molar-refractivity contribution in [2.75, 3.05) is 4.90 Å². The second-order valence-electron chi connectivity index (χ2n) is 18.4. The summed E-state index contributed by atoms with van der Waals surface area (Å²) in [4.78, 5) is 2.97. The van der Waals surface area contributed by atoms with Gasteiger partial charge in [0.05, 0.1) is 30.7 Å². The molecule has 3 N–H and O–H groups in total. The summed E-state index contributed by atoms with van der Waals surface area (Å²) in [5, 5.41) is 12.7. The Labute approximate surface area is 302 Å². The molecule has 3 heterocycles. The Morgan fingerprint density at radius 2 is 1.24 bits per heavy atom. The Balaban J connectivity index is 0.832. The van der Waals surface area contributed by atoms with Crippen molar-refractivity contribution in [3.05, 3.63) is 65.7 Å². The first kappa shape index (κ1) is 32.7. The molecule has 8 aliphatic rings. The molecular formula is C45H64N4O. The highest BCUT2D eigenvalue weighted by Crippen LogP contribution is 2.54. The molecule has 0 amide bonds. The van der Waals surface area contributed by atoms with Crippen molar-refractivity contribution in [3.63, 3.8) is 0 Å². The number of benzene rings is 2. The number of hydrogen-bond acceptors (Lipinski definition) is 5. The topological polar surface area (TPSA) is 48.6 Å². The highest BCUT2D eigenvalue weighted by Gasteiger charge is 2.53. The molecule has 50 heavy (non-hydrogen) atoms. The highest BCUT2D eigenvalue weighted by molar-refractivity contribution is 5.63. The van der Waals surface area contributed by atoms with Crippen LogP contribution in [0.15, 0.2) is 54.6 Å². The van der Waals surface area contributed by atoms with Gasteiger partial charge in [-0.15, -0.1) is 0 Å². The molecule has 0 spiro atoms. The third-order valence-corrected chi connectivity index (χ3v) is 15.8. The lowest BCUT2D eigenvalue weighted by Gasteiger charge is -2.50. The number of anilines is 1. The summed E-state index contributed by atoms with van der Waals surface area (Å²) in [7, 11) is 0. The van der Waals surface area contributed by atoms with E-state index in [1.165, 1.54) is 122 Å². The average molecular weight is 677 g/mol. The Morgan fingerprint density at radius 3 is 2.10 bits per heavy atom. The third-order valence-electron chi connectivity index (χ3n) is 15.8. The van der Waals surface area contributed by atoms with Gasteiger partial charge in [-0.25, -0.2) is 0 Å². The minimum atomic E-state index is 0.398. The van der Waals surface area contributed by atoms with Crippen LogP contribution >= 0.6 is 0 Å². The summed E-state index contributed by atoms with van der Waals surface area (Å²) >= 11 is 0. The maximum Gasteiger partial charge on any atom is 0.0625 e. The van der Waals surface area contributed by atoms with E-state index < -0.39 is 0 Å². The van der Waals surface area contributed by atoms with Crippen molar-refractivity contribution < 1.29 is 4.74 Å². The number of para-hydroxylation sites is 1.